The molecule has 0 aromatic heterocycles. The van der Waals surface area contributed by atoms with Crippen LogP contribution in [0.3, 0.4) is 0 Å². The zero-order chi connectivity index (χ0) is 25.8. The number of benzene rings is 6. The van der Waals surface area contributed by atoms with Crippen molar-refractivity contribution in [2.75, 3.05) is 0 Å². The summed E-state index contributed by atoms with van der Waals surface area (Å²) in [5.74, 6) is 0. The van der Waals surface area contributed by atoms with E-state index in [1.54, 1.807) is 0 Å². The summed E-state index contributed by atoms with van der Waals surface area (Å²) >= 11 is 0. The molecule has 0 N–H and O–H groups in total. The largest absolute Gasteiger partial charge is 1.00 e. The predicted molar refractivity (Wildman–Crippen MR) is 170 cm³/mol. The van der Waals surface area contributed by atoms with E-state index in [0.717, 1.165) is 0 Å². The third-order valence-corrected chi connectivity index (χ3v) is 11.0. The first-order valence-electron chi connectivity index (χ1n) is 12.8. The molecular formula is C36H30Cl4P2Re-4. The Balaban J connectivity index is 0.000000735. The molecule has 43 heavy (non-hydrogen) atoms. The smallest absolute Gasteiger partial charge is 0 e. The van der Waals surface area contributed by atoms with Crippen LogP contribution < -0.4 is 81.5 Å². The van der Waals surface area contributed by atoms with Gasteiger partial charge in [-0.25, -0.2) is 0 Å². The Hall–Kier alpha value is -2.00. The summed E-state index contributed by atoms with van der Waals surface area (Å²) in [6.07, 6.45) is 0. The summed E-state index contributed by atoms with van der Waals surface area (Å²) in [5.41, 5.74) is 0. The van der Waals surface area contributed by atoms with Crippen molar-refractivity contribution in [2.24, 2.45) is 0 Å². The molecule has 0 aliphatic heterocycles. The Bertz CT molecular complexity index is 1190. The standard InChI is InChI=1S/2C18H15P.4ClH.Re/c2*1-4-10-16(11-5-1)19(17-12-6-2-7-13-17)18-14-8-3-9-15-18;;;;;/h2*1-15H;4*1H;/p-4. The maximum atomic E-state index is 2.23. The molecule has 6 aromatic rings. The molecule has 6 aromatic carbocycles. The Morgan fingerprint density at radius 2 is 0.326 bits per heavy atom. The van der Waals surface area contributed by atoms with E-state index in [1.807, 2.05) is 0 Å². The molecule has 1 radical (unpaired) electrons. The van der Waals surface area contributed by atoms with Crippen molar-refractivity contribution in [1.29, 1.82) is 0 Å². The van der Waals surface area contributed by atoms with Crippen LogP contribution in [0.4, 0.5) is 0 Å². The van der Waals surface area contributed by atoms with Crippen LogP contribution in [0.15, 0.2) is 182 Å². The van der Waals surface area contributed by atoms with E-state index in [0.29, 0.717) is 0 Å². The molecule has 0 aliphatic carbocycles. The van der Waals surface area contributed by atoms with Gasteiger partial charge >= 0.3 is 0 Å². The van der Waals surface area contributed by atoms with Gasteiger partial charge in [0, 0.05) is 20.4 Å². The first kappa shape index (κ1) is 41.0. The van der Waals surface area contributed by atoms with Crippen LogP contribution in [-0.2, 0) is 20.4 Å². The number of halogens is 4. The second-order valence-electron chi connectivity index (χ2n) is 8.68. The van der Waals surface area contributed by atoms with Crippen molar-refractivity contribution >= 4 is 47.7 Å². The van der Waals surface area contributed by atoms with Crippen LogP contribution in [-0.4, -0.2) is 0 Å². The van der Waals surface area contributed by atoms with Gasteiger partial charge in [-0.3, -0.25) is 0 Å². The fourth-order valence-corrected chi connectivity index (χ4v) is 8.97. The van der Waals surface area contributed by atoms with Crippen LogP contribution in [0.5, 0.6) is 0 Å². The number of rotatable bonds is 6. The van der Waals surface area contributed by atoms with Gasteiger partial charge in [0.2, 0.25) is 0 Å². The first-order valence-corrected chi connectivity index (χ1v) is 15.5. The summed E-state index contributed by atoms with van der Waals surface area (Å²) < 4.78 is 0. The zero-order valence-corrected chi connectivity index (χ0v) is 30.6. The van der Waals surface area contributed by atoms with E-state index >= 15 is 0 Å². The molecule has 0 saturated carbocycles. The second-order valence-corrected chi connectivity index (χ2v) is 13.1. The van der Waals surface area contributed by atoms with Gasteiger partial charge in [0.1, 0.15) is 0 Å². The third-order valence-electron chi connectivity index (χ3n) is 6.09. The summed E-state index contributed by atoms with van der Waals surface area (Å²) in [7, 11) is -0.892. The Morgan fingerprint density at radius 1 is 0.209 bits per heavy atom. The molecule has 0 aliphatic rings. The first-order chi connectivity index (χ1) is 18.9. The molecule has 0 bridgehead atoms. The molecule has 0 amide bonds. The van der Waals surface area contributed by atoms with Crippen LogP contribution in [0.25, 0.3) is 0 Å². The molecule has 0 saturated heterocycles. The van der Waals surface area contributed by atoms with Gasteiger partial charge in [0.25, 0.3) is 0 Å². The molecule has 0 unspecified atom stereocenters. The fourth-order valence-electron chi connectivity index (χ4n) is 4.36. The van der Waals surface area contributed by atoms with Gasteiger partial charge in [0.15, 0.2) is 0 Å². The minimum Gasteiger partial charge on any atom is -1.00 e. The molecule has 0 heterocycles. The van der Waals surface area contributed by atoms with E-state index in [2.05, 4.69) is 182 Å². The van der Waals surface area contributed by atoms with E-state index in [4.69, 9.17) is 0 Å². The molecule has 7 heteroatoms. The minimum atomic E-state index is -0.446. The van der Waals surface area contributed by atoms with Crippen LogP contribution in [0, 0.1) is 0 Å². The Labute approximate surface area is 297 Å². The van der Waals surface area contributed by atoms with Crippen molar-refractivity contribution in [3.05, 3.63) is 182 Å². The topological polar surface area (TPSA) is 0 Å². The van der Waals surface area contributed by atoms with Crippen molar-refractivity contribution in [1.82, 2.24) is 0 Å². The van der Waals surface area contributed by atoms with Crippen LogP contribution in [0.1, 0.15) is 0 Å². The molecule has 6 rings (SSSR count). The molecule has 223 valence electrons. The fraction of sp³-hybridized carbons (Fsp3) is 0. The van der Waals surface area contributed by atoms with Crippen molar-refractivity contribution in [3.8, 4) is 0 Å². The van der Waals surface area contributed by atoms with Gasteiger partial charge in [-0.2, -0.15) is 0 Å². The molecule has 0 nitrogen and oxygen atoms in total. The predicted octanol–water partition coefficient (Wildman–Crippen LogP) is -5.10. The summed E-state index contributed by atoms with van der Waals surface area (Å²) in [6, 6.07) is 64.7. The van der Waals surface area contributed by atoms with E-state index in [-0.39, 0.29) is 70.1 Å². The molecule has 0 spiro atoms. The molecular weight excluding hydrogens is 822 g/mol. The van der Waals surface area contributed by atoms with E-state index in [1.165, 1.54) is 31.8 Å². The Morgan fingerprint density at radius 3 is 0.442 bits per heavy atom. The Kier molecular flexibility index (Phi) is 21.5. The van der Waals surface area contributed by atoms with Crippen molar-refractivity contribution in [2.45, 2.75) is 0 Å². The van der Waals surface area contributed by atoms with Crippen molar-refractivity contribution in [3.63, 3.8) is 0 Å². The minimum absolute atomic E-state index is 0. The van der Waals surface area contributed by atoms with Gasteiger partial charge in [-0.05, 0) is 47.7 Å². The SMILES string of the molecule is [Cl-].[Cl-].[Cl-].[Cl-].[Re].c1ccc(P(c2ccccc2)c2ccccc2)cc1.c1ccc(P(c2ccccc2)c2ccccc2)cc1. The average molecular weight is 853 g/mol. The average Bonchev–Trinajstić information content (AvgIpc) is 3.01. The summed E-state index contributed by atoms with van der Waals surface area (Å²) in [4.78, 5) is 0. The second kappa shape index (κ2) is 22.5. The maximum Gasteiger partial charge on any atom is 0 e. The quantitative estimate of drug-likeness (QED) is 0.148. The van der Waals surface area contributed by atoms with Crippen molar-refractivity contribution < 1.29 is 70.1 Å². The summed E-state index contributed by atoms with van der Waals surface area (Å²) in [6.45, 7) is 0. The van der Waals surface area contributed by atoms with Gasteiger partial charge in [-0.15, -0.1) is 0 Å². The zero-order valence-electron chi connectivity index (χ0n) is 23.1. The normalized spacial score (nSPS) is 9.35. The third kappa shape index (κ3) is 11.8. The van der Waals surface area contributed by atoms with Crippen LogP contribution in [0.2, 0.25) is 0 Å². The molecule has 0 fully saturated rings. The summed E-state index contributed by atoms with van der Waals surface area (Å²) in [5, 5.41) is 8.39. The number of hydrogen-bond donors (Lipinski definition) is 0. The number of hydrogen-bond acceptors (Lipinski definition) is 0. The maximum absolute atomic E-state index is 2.23. The van der Waals surface area contributed by atoms with Gasteiger partial charge in [-0.1, -0.05) is 182 Å². The van der Waals surface area contributed by atoms with Crippen LogP contribution >= 0.6 is 15.8 Å². The molecule has 0 atom stereocenters. The van der Waals surface area contributed by atoms with E-state index < -0.39 is 15.8 Å². The van der Waals surface area contributed by atoms with Gasteiger partial charge < -0.3 is 49.6 Å². The van der Waals surface area contributed by atoms with E-state index in [9.17, 15) is 0 Å². The van der Waals surface area contributed by atoms with Gasteiger partial charge in [0.05, 0.1) is 0 Å². The monoisotopic (exact) mass is 851 g/mol.